The molecule has 0 aliphatic heterocycles. The van der Waals surface area contributed by atoms with Crippen molar-refractivity contribution in [3.05, 3.63) is 42.5 Å². The summed E-state index contributed by atoms with van der Waals surface area (Å²) in [5.41, 5.74) is 2.62. The lowest BCUT2D eigenvalue weighted by molar-refractivity contribution is -0.922. The maximum Gasteiger partial charge on any atom is 0.104 e. The summed E-state index contributed by atoms with van der Waals surface area (Å²) < 4.78 is 1.24. The molecule has 0 aliphatic rings. The monoisotopic (exact) mass is 337 g/mol. The van der Waals surface area contributed by atoms with Crippen molar-refractivity contribution < 1.29 is 16.9 Å². The Bertz CT molecular complexity index is 391. The highest BCUT2D eigenvalue weighted by molar-refractivity contribution is 5.63. The molecule has 0 saturated carbocycles. The fourth-order valence-corrected chi connectivity index (χ4v) is 3.22. The lowest BCUT2D eigenvalue weighted by atomic mass is 10.0. The van der Waals surface area contributed by atoms with Crippen LogP contribution < -0.4 is 12.4 Å². The van der Waals surface area contributed by atoms with E-state index in [0.29, 0.717) is 0 Å². The van der Waals surface area contributed by atoms with Crippen LogP contribution in [0.15, 0.2) is 36.9 Å². The van der Waals surface area contributed by atoms with Crippen LogP contribution in [0.25, 0.3) is 5.57 Å². The summed E-state index contributed by atoms with van der Waals surface area (Å²) in [5.74, 6) is 0. The average molecular weight is 338 g/mol. The normalized spacial score (nSPS) is 11.1. The van der Waals surface area contributed by atoms with Crippen molar-refractivity contribution in [2.45, 2.75) is 59.3 Å². The van der Waals surface area contributed by atoms with Crippen LogP contribution in [0.2, 0.25) is 0 Å². The van der Waals surface area contributed by atoms with Crippen LogP contribution in [0, 0.1) is 0 Å². The number of nitrogens with zero attached hydrogens (tertiary/aromatic N) is 1. The molecule has 1 rings (SSSR count). The quantitative estimate of drug-likeness (QED) is 0.514. The van der Waals surface area contributed by atoms with E-state index in [4.69, 9.17) is 0 Å². The predicted molar refractivity (Wildman–Crippen MR) is 99.9 cm³/mol. The SMILES string of the molecule is C=C(C[N+](CCCC)(CCCC)CCCC)c1ccccc1.[Cl-]. The standard InChI is InChI=1S/C21H36N.ClH/c1-5-8-16-22(17-9-6-2,18-10-7-3)19-20(4)21-14-12-11-13-15-21;/h11-15H,4-10,16-19H2,1-3H3;1H/q+1;/p-1. The molecule has 1 aromatic carbocycles. The second-order valence-electron chi connectivity index (χ2n) is 6.70. The average Bonchev–Trinajstić information content (AvgIpc) is 2.56. The first-order chi connectivity index (χ1) is 10.7. The Morgan fingerprint density at radius 1 is 0.826 bits per heavy atom. The Morgan fingerprint density at radius 2 is 1.26 bits per heavy atom. The number of benzene rings is 1. The topological polar surface area (TPSA) is 0 Å². The molecular formula is C21H36ClN. The van der Waals surface area contributed by atoms with Gasteiger partial charge in [0.25, 0.3) is 0 Å². The maximum atomic E-state index is 4.42. The summed E-state index contributed by atoms with van der Waals surface area (Å²) in [4.78, 5) is 0. The van der Waals surface area contributed by atoms with E-state index in [1.807, 2.05) is 0 Å². The largest absolute Gasteiger partial charge is 1.00 e. The second-order valence-corrected chi connectivity index (χ2v) is 6.70. The van der Waals surface area contributed by atoms with Gasteiger partial charge < -0.3 is 16.9 Å². The van der Waals surface area contributed by atoms with Gasteiger partial charge in [0.1, 0.15) is 6.54 Å². The van der Waals surface area contributed by atoms with Crippen LogP contribution in [0.5, 0.6) is 0 Å². The van der Waals surface area contributed by atoms with Crippen molar-refractivity contribution in [3.8, 4) is 0 Å². The zero-order valence-electron chi connectivity index (χ0n) is 15.5. The van der Waals surface area contributed by atoms with Gasteiger partial charge in [0.05, 0.1) is 19.6 Å². The van der Waals surface area contributed by atoms with Gasteiger partial charge in [0, 0.05) is 5.57 Å². The molecule has 0 amide bonds. The molecular weight excluding hydrogens is 302 g/mol. The molecule has 0 radical (unpaired) electrons. The van der Waals surface area contributed by atoms with E-state index in [-0.39, 0.29) is 12.4 Å². The van der Waals surface area contributed by atoms with Crippen molar-refractivity contribution >= 4 is 5.57 Å². The first-order valence-electron chi connectivity index (χ1n) is 9.25. The van der Waals surface area contributed by atoms with Crippen LogP contribution >= 0.6 is 0 Å². The summed E-state index contributed by atoms with van der Waals surface area (Å²) in [6, 6.07) is 10.7. The minimum absolute atomic E-state index is 0. The van der Waals surface area contributed by atoms with E-state index in [0.717, 1.165) is 6.54 Å². The molecule has 0 atom stereocenters. The summed E-state index contributed by atoms with van der Waals surface area (Å²) in [7, 11) is 0. The molecule has 0 heterocycles. The van der Waals surface area contributed by atoms with Crippen LogP contribution in [0.3, 0.4) is 0 Å². The molecule has 0 N–H and O–H groups in total. The smallest absolute Gasteiger partial charge is 0.104 e. The van der Waals surface area contributed by atoms with E-state index in [9.17, 15) is 0 Å². The molecule has 0 fully saturated rings. The second kappa shape index (κ2) is 12.6. The first kappa shape index (κ1) is 22.2. The van der Waals surface area contributed by atoms with E-state index in [1.54, 1.807) is 0 Å². The zero-order chi connectivity index (χ0) is 16.3. The lowest BCUT2D eigenvalue weighted by Crippen LogP contribution is -3.00. The highest BCUT2D eigenvalue weighted by Gasteiger charge is 2.26. The molecule has 2 heteroatoms. The van der Waals surface area contributed by atoms with E-state index in [2.05, 4.69) is 57.7 Å². The third-order valence-corrected chi connectivity index (χ3v) is 4.67. The van der Waals surface area contributed by atoms with Crippen LogP contribution in [0.1, 0.15) is 64.9 Å². The van der Waals surface area contributed by atoms with Crippen LogP contribution in [-0.4, -0.2) is 30.7 Å². The van der Waals surface area contributed by atoms with Gasteiger partial charge in [0.2, 0.25) is 0 Å². The van der Waals surface area contributed by atoms with Crippen LogP contribution in [0.4, 0.5) is 0 Å². The van der Waals surface area contributed by atoms with Crippen molar-refractivity contribution in [1.29, 1.82) is 0 Å². The van der Waals surface area contributed by atoms with Gasteiger partial charge in [-0.1, -0.05) is 76.9 Å². The molecule has 0 unspecified atom stereocenters. The Kier molecular flexibility index (Phi) is 12.2. The number of rotatable bonds is 12. The Balaban J connectivity index is 0.00000484. The lowest BCUT2D eigenvalue weighted by Gasteiger charge is -2.40. The summed E-state index contributed by atoms with van der Waals surface area (Å²) in [6.07, 6.45) is 7.85. The Hall–Kier alpha value is -0.790. The number of hydrogen-bond donors (Lipinski definition) is 0. The molecule has 0 spiro atoms. The molecule has 0 saturated heterocycles. The Morgan fingerprint density at radius 3 is 1.65 bits per heavy atom. The highest BCUT2D eigenvalue weighted by Crippen LogP contribution is 2.22. The first-order valence-corrected chi connectivity index (χ1v) is 9.25. The van der Waals surface area contributed by atoms with Crippen molar-refractivity contribution in [2.24, 2.45) is 0 Å². The van der Waals surface area contributed by atoms with E-state index >= 15 is 0 Å². The van der Waals surface area contributed by atoms with E-state index < -0.39 is 0 Å². The molecule has 132 valence electrons. The third-order valence-electron chi connectivity index (χ3n) is 4.67. The van der Waals surface area contributed by atoms with Gasteiger partial charge in [-0.2, -0.15) is 0 Å². The molecule has 1 nitrogen and oxygen atoms in total. The highest BCUT2D eigenvalue weighted by atomic mass is 35.5. The fraction of sp³-hybridized carbons (Fsp3) is 0.619. The van der Waals surface area contributed by atoms with Gasteiger partial charge in [0.15, 0.2) is 0 Å². The van der Waals surface area contributed by atoms with Gasteiger partial charge in [-0.3, -0.25) is 0 Å². The van der Waals surface area contributed by atoms with Gasteiger partial charge >= 0.3 is 0 Å². The van der Waals surface area contributed by atoms with E-state index in [1.165, 1.54) is 73.8 Å². The minimum Gasteiger partial charge on any atom is -1.00 e. The Labute approximate surface area is 150 Å². The van der Waals surface area contributed by atoms with Crippen molar-refractivity contribution in [2.75, 3.05) is 26.2 Å². The number of quaternary nitrogens is 1. The summed E-state index contributed by atoms with van der Waals surface area (Å²) in [5, 5.41) is 0. The molecule has 0 bridgehead atoms. The van der Waals surface area contributed by atoms with Gasteiger partial charge in [-0.05, 0) is 24.8 Å². The van der Waals surface area contributed by atoms with Crippen LogP contribution in [-0.2, 0) is 0 Å². The predicted octanol–water partition coefficient (Wildman–Crippen LogP) is 2.92. The molecule has 1 aromatic rings. The summed E-state index contributed by atoms with van der Waals surface area (Å²) in [6.45, 7) is 16.4. The van der Waals surface area contributed by atoms with Gasteiger partial charge in [-0.25, -0.2) is 0 Å². The number of hydrogen-bond acceptors (Lipinski definition) is 0. The number of halogens is 1. The van der Waals surface area contributed by atoms with Crippen molar-refractivity contribution in [3.63, 3.8) is 0 Å². The summed E-state index contributed by atoms with van der Waals surface area (Å²) >= 11 is 0. The number of unbranched alkanes of at least 4 members (excludes halogenated alkanes) is 3. The molecule has 0 aliphatic carbocycles. The minimum atomic E-state index is 0. The maximum absolute atomic E-state index is 4.42. The third kappa shape index (κ3) is 8.04. The van der Waals surface area contributed by atoms with Crippen molar-refractivity contribution in [1.82, 2.24) is 0 Å². The fourth-order valence-electron chi connectivity index (χ4n) is 3.22. The molecule has 23 heavy (non-hydrogen) atoms. The zero-order valence-corrected chi connectivity index (χ0v) is 16.2. The van der Waals surface area contributed by atoms with Gasteiger partial charge in [-0.15, -0.1) is 0 Å². The molecule has 0 aromatic heterocycles.